The third-order valence-electron chi connectivity index (χ3n) is 3.39. The van der Waals surface area contributed by atoms with Crippen LogP contribution in [0.25, 0.3) is 0 Å². The van der Waals surface area contributed by atoms with Gasteiger partial charge in [-0.3, -0.25) is 4.84 Å². The maximum Gasteiger partial charge on any atom is 0.218 e. The minimum Gasteiger partial charge on any atom is -0.497 e. The number of sulfonamides is 1. The van der Waals surface area contributed by atoms with Crippen molar-refractivity contribution >= 4 is 10.0 Å². The second-order valence-corrected chi connectivity index (χ2v) is 6.63. The summed E-state index contributed by atoms with van der Waals surface area (Å²) < 4.78 is 32.1. The molecule has 0 bridgehead atoms. The van der Waals surface area contributed by atoms with Crippen LogP contribution in [-0.4, -0.2) is 46.0 Å². The average molecular weight is 300 g/mol. The van der Waals surface area contributed by atoms with Crippen LogP contribution in [0.4, 0.5) is 0 Å². The van der Waals surface area contributed by atoms with Crippen molar-refractivity contribution in [3.8, 4) is 5.75 Å². The van der Waals surface area contributed by atoms with Crippen molar-refractivity contribution in [1.82, 2.24) is 9.79 Å². The van der Waals surface area contributed by atoms with Crippen LogP contribution in [0, 0.1) is 0 Å². The van der Waals surface area contributed by atoms with Gasteiger partial charge in [0.2, 0.25) is 10.0 Å². The number of benzene rings is 1. The Morgan fingerprint density at radius 1 is 1.40 bits per heavy atom. The Hall–Kier alpha value is -1.15. The molecule has 1 aliphatic heterocycles. The number of methoxy groups -OCH3 is 1. The Bertz CT molecular complexity index is 544. The molecular weight excluding hydrogens is 280 g/mol. The third kappa shape index (κ3) is 2.95. The molecular formula is C13H20N2O4S. The molecule has 112 valence electrons. The van der Waals surface area contributed by atoms with Gasteiger partial charge in [0.05, 0.1) is 19.8 Å². The number of hydrogen-bond acceptors (Lipinski definition) is 5. The van der Waals surface area contributed by atoms with Gasteiger partial charge in [0.25, 0.3) is 0 Å². The number of nitrogens with zero attached hydrogens (tertiary/aromatic N) is 1. The van der Waals surface area contributed by atoms with E-state index in [1.54, 1.807) is 26.1 Å². The smallest absolute Gasteiger partial charge is 0.218 e. The molecule has 1 aliphatic rings. The van der Waals surface area contributed by atoms with Gasteiger partial charge in [-0.05, 0) is 17.7 Å². The largest absolute Gasteiger partial charge is 0.497 e. The van der Waals surface area contributed by atoms with E-state index < -0.39 is 15.3 Å². The summed E-state index contributed by atoms with van der Waals surface area (Å²) in [5.41, 5.74) is 0.886. The van der Waals surface area contributed by atoms with Crippen LogP contribution in [0.2, 0.25) is 0 Å². The zero-order valence-electron chi connectivity index (χ0n) is 11.9. The Morgan fingerprint density at radius 3 is 2.60 bits per heavy atom. The number of rotatable bonds is 5. The summed E-state index contributed by atoms with van der Waals surface area (Å²) in [5.74, 6) is 0.737. The molecule has 1 N–H and O–H groups in total. The lowest BCUT2D eigenvalue weighted by Gasteiger charge is -2.23. The molecule has 1 fully saturated rings. The molecule has 1 saturated heterocycles. The highest BCUT2D eigenvalue weighted by Crippen LogP contribution is 2.33. The molecule has 20 heavy (non-hydrogen) atoms. The van der Waals surface area contributed by atoms with Crippen LogP contribution < -0.4 is 9.46 Å². The molecule has 0 radical (unpaired) electrons. The fourth-order valence-electron chi connectivity index (χ4n) is 2.39. The van der Waals surface area contributed by atoms with Gasteiger partial charge < -0.3 is 4.74 Å². The quantitative estimate of drug-likeness (QED) is 0.876. The number of hydrogen-bond donors (Lipinski definition) is 1. The average Bonchev–Trinajstić information content (AvgIpc) is 2.81. The SMILES string of the molecule is CCNS(=O)(=O)C1CON(C)C1c1ccc(OC)cc1. The van der Waals surface area contributed by atoms with Crippen LogP contribution >= 0.6 is 0 Å². The van der Waals surface area contributed by atoms with E-state index in [1.807, 2.05) is 24.3 Å². The van der Waals surface area contributed by atoms with E-state index in [0.717, 1.165) is 11.3 Å². The molecule has 2 rings (SSSR count). The zero-order chi connectivity index (χ0) is 14.8. The van der Waals surface area contributed by atoms with E-state index in [4.69, 9.17) is 9.57 Å². The summed E-state index contributed by atoms with van der Waals surface area (Å²) in [6.45, 7) is 2.29. The summed E-state index contributed by atoms with van der Waals surface area (Å²) >= 11 is 0. The minimum absolute atomic E-state index is 0.155. The minimum atomic E-state index is -3.40. The second-order valence-electron chi connectivity index (χ2n) is 4.64. The highest BCUT2D eigenvalue weighted by Gasteiger charge is 2.42. The molecule has 1 heterocycles. The lowest BCUT2D eigenvalue weighted by Crippen LogP contribution is -2.39. The summed E-state index contributed by atoms with van der Waals surface area (Å²) in [7, 11) is -0.0620. The van der Waals surface area contributed by atoms with Gasteiger partial charge in [-0.15, -0.1) is 0 Å². The predicted molar refractivity (Wildman–Crippen MR) is 75.8 cm³/mol. The summed E-state index contributed by atoms with van der Waals surface area (Å²) in [5, 5.41) is 0.974. The first kappa shape index (κ1) is 15.2. The molecule has 2 atom stereocenters. The fraction of sp³-hybridized carbons (Fsp3) is 0.538. The Labute approximate surface area is 119 Å². The van der Waals surface area contributed by atoms with E-state index in [9.17, 15) is 8.42 Å². The summed E-state index contributed by atoms with van der Waals surface area (Å²) in [6, 6.07) is 7.04. The molecule has 7 heteroatoms. The number of hydroxylamine groups is 2. The van der Waals surface area contributed by atoms with Crippen molar-refractivity contribution in [2.75, 3.05) is 27.3 Å². The maximum absolute atomic E-state index is 12.2. The normalized spacial score (nSPS) is 23.9. The van der Waals surface area contributed by atoms with Crippen molar-refractivity contribution in [1.29, 1.82) is 0 Å². The molecule has 1 aromatic rings. The standard InChI is InChI=1S/C13H20N2O4S/c1-4-14-20(16,17)12-9-19-15(2)13(12)10-5-7-11(18-3)8-6-10/h5-8,12-14H,4,9H2,1-3H3. The monoisotopic (exact) mass is 300 g/mol. The van der Waals surface area contributed by atoms with Gasteiger partial charge in [-0.25, -0.2) is 13.1 Å². The molecule has 0 aromatic heterocycles. The molecule has 0 aliphatic carbocycles. The van der Waals surface area contributed by atoms with E-state index >= 15 is 0 Å². The Morgan fingerprint density at radius 2 is 2.05 bits per heavy atom. The highest BCUT2D eigenvalue weighted by atomic mass is 32.2. The molecule has 2 unspecified atom stereocenters. The van der Waals surface area contributed by atoms with Crippen LogP contribution in [0.1, 0.15) is 18.5 Å². The molecule has 1 aromatic carbocycles. The zero-order valence-corrected chi connectivity index (χ0v) is 12.7. The summed E-state index contributed by atoms with van der Waals surface area (Å²) in [6.07, 6.45) is 0. The lowest BCUT2D eigenvalue weighted by atomic mass is 10.0. The van der Waals surface area contributed by atoms with Gasteiger partial charge in [-0.1, -0.05) is 19.1 Å². The fourth-order valence-corrected chi connectivity index (χ4v) is 3.91. The van der Waals surface area contributed by atoms with Crippen LogP contribution in [0.5, 0.6) is 5.75 Å². The van der Waals surface area contributed by atoms with Crippen molar-refractivity contribution in [3.63, 3.8) is 0 Å². The molecule has 0 spiro atoms. The Kier molecular flexibility index (Phi) is 4.64. The van der Waals surface area contributed by atoms with E-state index in [2.05, 4.69) is 4.72 Å². The molecule has 6 nitrogen and oxygen atoms in total. The van der Waals surface area contributed by atoms with Crippen molar-refractivity contribution in [2.45, 2.75) is 18.2 Å². The van der Waals surface area contributed by atoms with Crippen LogP contribution in [0.3, 0.4) is 0 Å². The van der Waals surface area contributed by atoms with Gasteiger partial charge >= 0.3 is 0 Å². The van der Waals surface area contributed by atoms with Gasteiger partial charge in [0.15, 0.2) is 0 Å². The van der Waals surface area contributed by atoms with E-state index in [0.29, 0.717) is 6.54 Å². The second kappa shape index (κ2) is 6.09. The van der Waals surface area contributed by atoms with Gasteiger partial charge in [0.1, 0.15) is 11.0 Å². The first-order valence-electron chi connectivity index (χ1n) is 6.47. The van der Waals surface area contributed by atoms with Crippen LogP contribution in [0.15, 0.2) is 24.3 Å². The first-order valence-corrected chi connectivity index (χ1v) is 8.02. The molecule has 0 amide bonds. The number of nitrogens with one attached hydrogen (secondary N) is 1. The van der Waals surface area contributed by atoms with Gasteiger partial charge in [0, 0.05) is 13.6 Å². The maximum atomic E-state index is 12.2. The van der Waals surface area contributed by atoms with Gasteiger partial charge in [-0.2, -0.15) is 5.06 Å². The third-order valence-corrected chi connectivity index (χ3v) is 5.27. The molecule has 0 saturated carbocycles. The summed E-state index contributed by atoms with van der Waals surface area (Å²) in [4.78, 5) is 5.40. The van der Waals surface area contributed by atoms with E-state index in [-0.39, 0.29) is 12.6 Å². The Balaban J connectivity index is 2.30. The van der Waals surface area contributed by atoms with Crippen molar-refractivity contribution in [3.05, 3.63) is 29.8 Å². The van der Waals surface area contributed by atoms with E-state index in [1.165, 1.54) is 0 Å². The van der Waals surface area contributed by atoms with Crippen molar-refractivity contribution in [2.24, 2.45) is 0 Å². The number of ether oxygens (including phenoxy) is 1. The predicted octanol–water partition coefficient (Wildman–Crippen LogP) is 0.921. The first-order chi connectivity index (χ1) is 9.49. The topological polar surface area (TPSA) is 67.9 Å². The van der Waals surface area contributed by atoms with Crippen LogP contribution in [-0.2, 0) is 14.9 Å². The van der Waals surface area contributed by atoms with Crippen molar-refractivity contribution < 1.29 is 18.0 Å². The highest BCUT2D eigenvalue weighted by molar-refractivity contribution is 7.90. The lowest BCUT2D eigenvalue weighted by molar-refractivity contribution is -0.110.